The molecule has 0 spiro atoms. The zero-order valence-electron chi connectivity index (χ0n) is 14.1. The molecule has 8 nitrogen and oxygen atoms in total. The van der Waals surface area contributed by atoms with Crippen LogP contribution in [0.3, 0.4) is 0 Å². The van der Waals surface area contributed by atoms with Crippen molar-refractivity contribution in [1.82, 2.24) is 9.21 Å². The number of amides is 2. The van der Waals surface area contributed by atoms with E-state index in [1.165, 1.54) is 0 Å². The van der Waals surface area contributed by atoms with Crippen LogP contribution in [0.2, 0.25) is 0 Å². The van der Waals surface area contributed by atoms with Gasteiger partial charge in [-0.05, 0) is 37.8 Å². The first-order valence-electron chi connectivity index (χ1n) is 8.50. The monoisotopic (exact) mass is 380 g/mol. The predicted molar refractivity (Wildman–Crippen MR) is 92.2 cm³/mol. The summed E-state index contributed by atoms with van der Waals surface area (Å²) in [5.74, 6) is -2.05. The molecule has 1 atom stereocenters. The van der Waals surface area contributed by atoms with Crippen molar-refractivity contribution in [2.24, 2.45) is 0 Å². The molecule has 0 unspecified atom stereocenters. The normalized spacial score (nSPS) is 20.6. The Kier molecular flexibility index (Phi) is 5.10. The van der Waals surface area contributed by atoms with Crippen LogP contribution in [0.5, 0.6) is 0 Å². The van der Waals surface area contributed by atoms with Gasteiger partial charge in [-0.3, -0.25) is 19.3 Å². The number of sulfonamides is 1. The maximum Gasteiger partial charge on any atom is 0.322 e. The predicted octanol–water partition coefficient (Wildman–Crippen LogP) is 0.942. The Hall–Kier alpha value is -2.26. The zero-order chi connectivity index (χ0) is 18.9. The Morgan fingerprint density at radius 2 is 1.73 bits per heavy atom. The van der Waals surface area contributed by atoms with Crippen LogP contribution in [0.1, 0.15) is 46.4 Å². The van der Waals surface area contributed by atoms with Crippen LogP contribution in [0.15, 0.2) is 24.3 Å². The molecule has 9 heteroatoms. The molecule has 0 radical (unpaired) electrons. The van der Waals surface area contributed by atoms with Crippen molar-refractivity contribution in [2.45, 2.75) is 31.7 Å². The maximum atomic E-state index is 12.4. The molecule has 0 aromatic heterocycles. The van der Waals surface area contributed by atoms with E-state index in [-0.39, 0.29) is 37.1 Å². The van der Waals surface area contributed by atoms with Crippen LogP contribution < -0.4 is 0 Å². The third-order valence-electron chi connectivity index (χ3n) is 4.76. The third-order valence-corrected chi connectivity index (χ3v) is 6.71. The third kappa shape index (κ3) is 3.36. The van der Waals surface area contributed by atoms with Gasteiger partial charge in [0.1, 0.15) is 6.04 Å². The SMILES string of the molecule is O=C(O)[C@@H]1CCCN1S(=O)(=O)CCCCN1C(=O)c2ccccc2C1=O. The average molecular weight is 380 g/mol. The van der Waals surface area contributed by atoms with E-state index in [9.17, 15) is 22.8 Å². The fraction of sp³-hybridized carbons (Fsp3) is 0.471. The van der Waals surface area contributed by atoms with Crippen LogP contribution in [0, 0.1) is 0 Å². The van der Waals surface area contributed by atoms with E-state index in [0.29, 0.717) is 30.4 Å². The molecule has 0 aliphatic carbocycles. The van der Waals surface area contributed by atoms with Gasteiger partial charge >= 0.3 is 5.97 Å². The summed E-state index contributed by atoms with van der Waals surface area (Å²) < 4.78 is 25.8. The van der Waals surface area contributed by atoms with Gasteiger partial charge in [-0.1, -0.05) is 12.1 Å². The summed E-state index contributed by atoms with van der Waals surface area (Å²) in [6.45, 7) is 0.363. The van der Waals surface area contributed by atoms with Gasteiger partial charge in [0.05, 0.1) is 16.9 Å². The molecule has 1 N–H and O–H groups in total. The first-order valence-corrected chi connectivity index (χ1v) is 10.1. The maximum absolute atomic E-state index is 12.4. The molecule has 1 aromatic carbocycles. The van der Waals surface area contributed by atoms with E-state index in [4.69, 9.17) is 5.11 Å². The van der Waals surface area contributed by atoms with Crippen LogP contribution in [0.25, 0.3) is 0 Å². The Labute approximate surface area is 151 Å². The summed E-state index contributed by atoms with van der Waals surface area (Å²) in [6.07, 6.45) is 1.45. The second kappa shape index (κ2) is 7.16. The van der Waals surface area contributed by atoms with Crippen molar-refractivity contribution in [3.63, 3.8) is 0 Å². The molecule has 1 saturated heterocycles. The van der Waals surface area contributed by atoms with Crippen molar-refractivity contribution in [3.05, 3.63) is 35.4 Å². The summed E-state index contributed by atoms with van der Waals surface area (Å²) in [4.78, 5) is 36.8. The highest BCUT2D eigenvalue weighted by Crippen LogP contribution is 2.24. The van der Waals surface area contributed by atoms with Gasteiger partial charge in [-0.15, -0.1) is 0 Å². The molecule has 1 aromatic rings. The lowest BCUT2D eigenvalue weighted by atomic mass is 10.1. The number of imide groups is 1. The summed E-state index contributed by atoms with van der Waals surface area (Å²) >= 11 is 0. The first-order chi connectivity index (χ1) is 12.3. The fourth-order valence-electron chi connectivity index (χ4n) is 3.43. The van der Waals surface area contributed by atoms with Gasteiger partial charge in [0.25, 0.3) is 11.8 Å². The molecule has 2 aliphatic rings. The highest BCUT2D eigenvalue weighted by molar-refractivity contribution is 7.89. The number of benzene rings is 1. The molecular weight excluding hydrogens is 360 g/mol. The summed E-state index contributed by atoms with van der Waals surface area (Å²) in [5, 5.41) is 9.12. The average Bonchev–Trinajstić information content (AvgIpc) is 3.19. The molecular formula is C17H20N2O6S. The number of carboxylic acids is 1. The second-order valence-corrected chi connectivity index (χ2v) is 8.48. The van der Waals surface area contributed by atoms with E-state index < -0.39 is 22.0 Å². The number of aliphatic carboxylic acids is 1. The number of carbonyl (C=O) groups excluding carboxylic acids is 2. The molecule has 1 fully saturated rings. The molecule has 26 heavy (non-hydrogen) atoms. The van der Waals surface area contributed by atoms with E-state index in [1.807, 2.05) is 0 Å². The van der Waals surface area contributed by atoms with Gasteiger partial charge in [0.2, 0.25) is 10.0 Å². The molecule has 2 heterocycles. The Morgan fingerprint density at radius 3 is 2.31 bits per heavy atom. The highest BCUT2D eigenvalue weighted by Gasteiger charge is 2.38. The Bertz CT molecular complexity index is 816. The van der Waals surface area contributed by atoms with Crippen molar-refractivity contribution in [1.29, 1.82) is 0 Å². The van der Waals surface area contributed by atoms with Crippen LogP contribution in [0.4, 0.5) is 0 Å². The van der Waals surface area contributed by atoms with Gasteiger partial charge in [-0.2, -0.15) is 4.31 Å². The smallest absolute Gasteiger partial charge is 0.322 e. The lowest BCUT2D eigenvalue weighted by Gasteiger charge is -2.21. The number of fused-ring (bicyclic) bond motifs is 1. The van der Waals surface area contributed by atoms with Crippen molar-refractivity contribution in [2.75, 3.05) is 18.8 Å². The summed E-state index contributed by atoms with van der Waals surface area (Å²) in [5.41, 5.74) is 0.734. The first kappa shape index (κ1) is 18.5. The van der Waals surface area contributed by atoms with Crippen molar-refractivity contribution in [3.8, 4) is 0 Å². The van der Waals surface area contributed by atoms with Crippen LogP contribution >= 0.6 is 0 Å². The largest absolute Gasteiger partial charge is 0.480 e. The number of hydrogen-bond donors (Lipinski definition) is 1. The van der Waals surface area contributed by atoms with Crippen LogP contribution in [-0.2, 0) is 14.8 Å². The molecule has 2 aliphatic heterocycles. The number of hydrogen-bond acceptors (Lipinski definition) is 5. The van der Waals surface area contributed by atoms with Crippen LogP contribution in [-0.4, -0.2) is 65.4 Å². The lowest BCUT2D eigenvalue weighted by Crippen LogP contribution is -2.41. The number of unbranched alkanes of at least 4 members (excludes halogenated alkanes) is 1. The fourth-order valence-corrected chi connectivity index (χ4v) is 5.23. The topological polar surface area (TPSA) is 112 Å². The molecule has 3 rings (SSSR count). The molecule has 0 bridgehead atoms. The van der Waals surface area contributed by atoms with E-state index in [1.54, 1.807) is 24.3 Å². The van der Waals surface area contributed by atoms with Crippen molar-refractivity contribution >= 4 is 27.8 Å². The second-order valence-electron chi connectivity index (χ2n) is 6.44. The Morgan fingerprint density at radius 1 is 1.12 bits per heavy atom. The number of nitrogens with zero attached hydrogens (tertiary/aromatic N) is 2. The standard InChI is InChI=1S/C17H20N2O6S/c20-15-12-6-1-2-7-13(12)16(21)18(15)9-3-4-11-26(24,25)19-10-5-8-14(19)17(22)23/h1-2,6-7,14H,3-5,8-11H2,(H,22,23)/t14-/m0/s1. The molecule has 2 amide bonds. The molecule has 0 saturated carbocycles. The van der Waals surface area contributed by atoms with Gasteiger partial charge in [-0.25, -0.2) is 8.42 Å². The van der Waals surface area contributed by atoms with E-state index >= 15 is 0 Å². The quantitative estimate of drug-likeness (QED) is 0.557. The minimum atomic E-state index is -3.67. The van der Waals surface area contributed by atoms with Gasteiger partial charge < -0.3 is 5.11 Å². The summed E-state index contributed by atoms with van der Waals surface area (Å²) in [7, 11) is -3.67. The summed E-state index contributed by atoms with van der Waals surface area (Å²) in [6, 6.07) is 5.58. The molecule has 140 valence electrons. The highest BCUT2D eigenvalue weighted by atomic mass is 32.2. The van der Waals surface area contributed by atoms with Crippen molar-refractivity contribution < 1.29 is 27.9 Å². The van der Waals surface area contributed by atoms with E-state index in [0.717, 1.165) is 9.21 Å². The number of carbonyl (C=O) groups is 3. The zero-order valence-corrected chi connectivity index (χ0v) is 14.9. The Balaban J connectivity index is 1.54. The number of carboxylic acid groups (broad SMARTS) is 1. The number of rotatable bonds is 7. The van der Waals surface area contributed by atoms with E-state index in [2.05, 4.69) is 0 Å². The minimum absolute atomic E-state index is 0.143. The lowest BCUT2D eigenvalue weighted by molar-refractivity contribution is -0.140. The van der Waals surface area contributed by atoms with Gasteiger partial charge in [0, 0.05) is 13.1 Å². The minimum Gasteiger partial charge on any atom is -0.480 e. The van der Waals surface area contributed by atoms with Gasteiger partial charge in [0.15, 0.2) is 0 Å².